The number of carbonyl (C=O) groups excluding carboxylic acids is 1. The van der Waals surface area contributed by atoms with E-state index >= 15 is 0 Å². The largest absolute Gasteiger partial charge is 0.358 e. The van der Waals surface area contributed by atoms with Gasteiger partial charge in [0.05, 0.1) is 5.56 Å². The highest BCUT2D eigenvalue weighted by molar-refractivity contribution is 5.98. The molecule has 1 aliphatic heterocycles. The van der Waals surface area contributed by atoms with Crippen LogP contribution in [0.5, 0.6) is 0 Å². The van der Waals surface area contributed by atoms with E-state index in [2.05, 4.69) is 21.7 Å². The van der Waals surface area contributed by atoms with Crippen molar-refractivity contribution in [2.75, 3.05) is 31.6 Å². The molecule has 2 heterocycles. The minimum absolute atomic E-state index is 0.0775. The third-order valence-electron chi connectivity index (χ3n) is 3.92. The van der Waals surface area contributed by atoms with E-state index in [1.165, 1.54) is 19.4 Å². The smallest absolute Gasteiger partial charge is 0.163 e. The van der Waals surface area contributed by atoms with Crippen molar-refractivity contribution in [3.63, 3.8) is 0 Å². The lowest BCUT2D eigenvalue weighted by Crippen LogP contribution is -2.39. The molecule has 0 saturated carbocycles. The number of likely N-dealkylation sites (tertiary alicyclic amines) is 1. The molecule has 2 rings (SSSR count). The van der Waals surface area contributed by atoms with E-state index in [0.717, 1.165) is 18.9 Å². The van der Waals surface area contributed by atoms with E-state index in [-0.39, 0.29) is 5.78 Å². The molecule has 0 aromatic carbocycles. The standard InChI is InChI=1S/C15H23N3O/c1-4-18-10-6-7-13(18)11-17(3)15-14(12(2)19)8-5-9-16-15/h5,8-9,13H,4,6-7,10-11H2,1-3H3. The van der Waals surface area contributed by atoms with Gasteiger partial charge in [0.25, 0.3) is 0 Å². The summed E-state index contributed by atoms with van der Waals surface area (Å²) in [5.41, 5.74) is 0.714. The number of pyridine rings is 1. The minimum Gasteiger partial charge on any atom is -0.358 e. The van der Waals surface area contributed by atoms with E-state index in [4.69, 9.17) is 0 Å². The van der Waals surface area contributed by atoms with Gasteiger partial charge in [-0.1, -0.05) is 6.92 Å². The second-order valence-corrected chi connectivity index (χ2v) is 5.24. The van der Waals surface area contributed by atoms with Crippen molar-refractivity contribution < 1.29 is 4.79 Å². The molecule has 1 aromatic heterocycles. The van der Waals surface area contributed by atoms with E-state index < -0.39 is 0 Å². The first kappa shape index (κ1) is 14.0. The molecule has 1 saturated heterocycles. The summed E-state index contributed by atoms with van der Waals surface area (Å²) in [6.45, 7) is 7.03. The van der Waals surface area contributed by atoms with Crippen LogP contribution in [0.2, 0.25) is 0 Å². The number of ketones is 1. The lowest BCUT2D eigenvalue weighted by molar-refractivity contribution is 0.101. The molecule has 4 heteroatoms. The summed E-state index contributed by atoms with van der Waals surface area (Å²) in [7, 11) is 2.03. The minimum atomic E-state index is 0.0775. The molecule has 0 spiro atoms. The fourth-order valence-electron chi connectivity index (χ4n) is 2.90. The van der Waals surface area contributed by atoms with Gasteiger partial charge in [0.15, 0.2) is 5.78 Å². The number of rotatable bonds is 5. The first-order valence-corrected chi connectivity index (χ1v) is 7.04. The third kappa shape index (κ3) is 3.13. The van der Waals surface area contributed by atoms with Crippen LogP contribution in [0.1, 0.15) is 37.0 Å². The van der Waals surface area contributed by atoms with Crippen molar-refractivity contribution in [2.45, 2.75) is 32.7 Å². The van der Waals surface area contributed by atoms with Gasteiger partial charge >= 0.3 is 0 Å². The molecule has 0 bridgehead atoms. The Kier molecular flexibility index (Phi) is 4.53. The molecule has 1 aliphatic rings. The number of Topliss-reactive ketones (excluding diaryl/α,β-unsaturated/α-hetero) is 1. The number of nitrogens with zero attached hydrogens (tertiary/aromatic N) is 3. The molecule has 1 unspecified atom stereocenters. The van der Waals surface area contributed by atoms with Gasteiger partial charge in [0.2, 0.25) is 0 Å². The number of likely N-dealkylation sites (N-methyl/N-ethyl adjacent to an activating group) is 2. The monoisotopic (exact) mass is 261 g/mol. The van der Waals surface area contributed by atoms with Crippen molar-refractivity contribution in [3.05, 3.63) is 23.9 Å². The number of anilines is 1. The van der Waals surface area contributed by atoms with Crippen LogP contribution in [0.3, 0.4) is 0 Å². The zero-order chi connectivity index (χ0) is 13.8. The van der Waals surface area contributed by atoms with E-state index in [1.807, 2.05) is 19.2 Å². The van der Waals surface area contributed by atoms with Gasteiger partial charge in [-0.15, -0.1) is 0 Å². The predicted octanol–water partition coefficient (Wildman–Crippen LogP) is 2.20. The van der Waals surface area contributed by atoms with Crippen molar-refractivity contribution >= 4 is 11.6 Å². The highest BCUT2D eigenvalue weighted by Crippen LogP contribution is 2.21. The maximum Gasteiger partial charge on any atom is 0.163 e. The zero-order valence-corrected chi connectivity index (χ0v) is 12.1. The molecule has 4 nitrogen and oxygen atoms in total. The first-order chi connectivity index (χ1) is 9.13. The fourth-order valence-corrected chi connectivity index (χ4v) is 2.90. The molecule has 0 amide bonds. The Morgan fingerprint density at radius 2 is 2.37 bits per heavy atom. The van der Waals surface area contributed by atoms with Crippen molar-refractivity contribution in [2.24, 2.45) is 0 Å². The zero-order valence-electron chi connectivity index (χ0n) is 12.1. The van der Waals surface area contributed by atoms with Crippen LogP contribution >= 0.6 is 0 Å². The predicted molar refractivity (Wildman–Crippen MR) is 77.8 cm³/mol. The number of carbonyl (C=O) groups is 1. The second-order valence-electron chi connectivity index (χ2n) is 5.24. The van der Waals surface area contributed by atoms with Gasteiger partial charge in [-0.3, -0.25) is 9.69 Å². The summed E-state index contributed by atoms with van der Waals surface area (Å²) in [4.78, 5) is 20.7. The van der Waals surface area contributed by atoms with Gasteiger partial charge in [-0.2, -0.15) is 0 Å². The highest BCUT2D eigenvalue weighted by Gasteiger charge is 2.25. The van der Waals surface area contributed by atoms with Gasteiger partial charge in [-0.05, 0) is 45.0 Å². The summed E-state index contributed by atoms with van der Waals surface area (Å²) in [6, 6.07) is 4.26. The van der Waals surface area contributed by atoms with E-state index in [0.29, 0.717) is 11.6 Å². The Labute approximate surface area is 115 Å². The summed E-state index contributed by atoms with van der Waals surface area (Å²) in [5.74, 6) is 0.881. The molecule has 0 radical (unpaired) electrons. The summed E-state index contributed by atoms with van der Waals surface area (Å²) in [6.07, 6.45) is 4.26. The molecular formula is C15H23N3O. The first-order valence-electron chi connectivity index (χ1n) is 7.04. The Hall–Kier alpha value is -1.42. The highest BCUT2D eigenvalue weighted by atomic mass is 16.1. The molecule has 19 heavy (non-hydrogen) atoms. The van der Waals surface area contributed by atoms with Gasteiger partial charge < -0.3 is 4.90 Å². The van der Waals surface area contributed by atoms with Gasteiger partial charge in [-0.25, -0.2) is 4.98 Å². The quantitative estimate of drug-likeness (QED) is 0.761. The topological polar surface area (TPSA) is 36.4 Å². The summed E-state index contributed by atoms with van der Waals surface area (Å²) in [5, 5.41) is 0. The number of aromatic nitrogens is 1. The van der Waals surface area contributed by atoms with Crippen LogP contribution in [0, 0.1) is 0 Å². The molecule has 1 atom stereocenters. The molecule has 104 valence electrons. The van der Waals surface area contributed by atoms with Crippen molar-refractivity contribution in [3.8, 4) is 0 Å². The normalized spacial score (nSPS) is 19.6. The molecule has 1 fully saturated rings. The molecular weight excluding hydrogens is 238 g/mol. The maximum absolute atomic E-state index is 11.7. The van der Waals surface area contributed by atoms with Crippen LogP contribution in [0.25, 0.3) is 0 Å². The van der Waals surface area contributed by atoms with Crippen LogP contribution in [-0.4, -0.2) is 48.4 Å². The number of hydrogen-bond acceptors (Lipinski definition) is 4. The lowest BCUT2D eigenvalue weighted by Gasteiger charge is -2.29. The summed E-state index contributed by atoms with van der Waals surface area (Å²) >= 11 is 0. The Bertz CT molecular complexity index is 447. The van der Waals surface area contributed by atoms with Crippen molar-refractivity contribution in [1.82, 2.24) is 9.88 Å². The molecule has 1 aromatic rings. The van der Waals surface area contributed by atoms with Crippen LogP contribution in [-0.2, 0) is 0 Å². The summed E-state index contributed by atoms with van der Waals surface area (Å²) < 4.78 is 0. The molecule has 0 aliphatic carbocycles. The average Bonchev–Trinajstić information content (AvgIpc) is 2.85. The van der Waals surface area contributed by atoms with Crippen LogP contribution < -0.4 is 4.90 Å². The van der Waals surface area contributed by atoms with Crippen molar-refractivity contribution in [1.29, 1.82) is 0 Å². The lowest BCUT2D eigenvalue weighted by atomic mass is 10.1. The second kappa shape index (κ2) is 6.15. The Balaban J connectivity index is 2.11. The van der Waals surface area contributed by atoms with E-state index in [9.17, 15) is 4.79 Å². The fraction of sp³-hybridized carbons (Fsp3) is 0.600. The maximum atomic E-state index is 11.7. The Morgan fingerprint density at radius 3 is 3.05 bits per heavy atom. The average molecular weight is 261 g/mol. The Morgan fingerprint density at radius 1 is 1.58 bits per heavy atom. The number of hydrogen-bond donors (Lipinski definition) is 0. The third-order valence-corrected chi connectivity index (χ3v) is 3.92. The van der Waals surface area contributed by atoms with Gasteiger partial charge in [0.1, 0.15) is 5.82 Å². The van der Waals surface area contributed by atoms with E-state index in [1.54, 1.807) is 13.1 Å². The molecule has 0 N–H and O–H groups in total. The SMILES string of the molecule is CCN1CCCC1CN(C)c1ncccc1C(C)=O. The van der Waals surface area contributed by atoms with Crippen LogP contribution in [0.4, 0.5) is 5.82 Å². The van der Waals surface area contributed by atoms with Gasteiger partial charge in [0, 0.05) is 25.8 Å². The van der Waals surface area contributed by atoms with Crippen LogP contribution in [0.15, 0.2) is 18.3 Å².